The number of carbonyl (C=O) groups excluding carboxylic acids is 3. The van der Waals surface area contributed by atoms with Crippen LogP contribution in [0.25, 0.3) is 0 Å². The van der Waals surface area contributed by atoms with Crippen molar-refractivity contribution in [2.24, 2.45) is 5.92 Å². The van der Waals surface area contributed by atoms with E-state index in [9.17, 15) is 24.3 Å². The average Bonchev–Trinajstić information content (AvgIpc) is 3.44. The summed E-state index contributed by atoms with van der Waals surface area (Å²) in [5.41, 5.74) is 0. The van der Waals surface area contributed by atoms with Crippen molar-refractivity contribution in [3.8, 4) is 0 Å². The predicted octanol–water partition coefficient (Wildman–Crippen LogP) is -0.0542. The first kappa shape index (κ1) is 21.5. The lowest BCUT2D eigenvalue weighted by Crippen LogP contribution is -2.58. The summed E-state index contributed by atoms with van der Waals surface area (Å²) in [5.74, 6) is -1.84. The highest BCUT2D eigenvalue weighted by Crippen LogP contribution is 2.26. The van der Waals surface area contributed by atoms with Crippen LogP contribution in [0.4, 0.5) is 0 Å². The van der Waals surface area contributed by atoms with Gasteiger partial charge in [-0.1, -0.05) is 13.8 Å². The molecule has 0 spiro atoms. The van der Waals surface area contributed by atoms with Gasteiger partial charge in [-0.2, -0.15) is 0 Å². The lowest BCUT2D eigenvalue weighted by molar-refractivity contribution is -0.152. The Balaban J connectivity index is 1.70. The highest BCUT2D eigenvalue weighted by atomic mass is 16.4. The van der Waals surface area contributed by atoms with E-state index in [4.69, 9.17) is 0 Å². The van der Waals surface area contributed by atoms with Gasteiger partial charge in [0.25, 0.3) is 0 Å². The van der Waals surface area contributed by atoms with E-state index in [0.29, 0.717) is 38.8 Å². The number of rotatable bonds is 6. The molecule has 0 aromatic rings. The van der Waals surface area contributed by atoms with Gasteiger partial charge in [0.1, 0.15) is 18.1 Å². The van der Waals surface area contributed by atoms with Gasteiger partial charge >= 0.3 is 5.97 Å². The van der Waals surface area contributed by atoms with Crippen LogP contribution in [0.3, 0.4) is 0 Å². The second kappa shape index (κ2) is 9.11. The van der Waals surface area contributed by atoms with E-state index in [2.05, 4.69) is 10.6 Å². The quantitative estimate of drug-likeness (QED) is 0.567. The highest BCUT2D eigenvalue weighted by Gasteiger charge is 2.44. The molecule has 9 nitrogen and oxygen atoms in total. The molecule has 0 aliphatic carbocycles. The monoisotopic (exact) mass is 408 g/mol. The van der Waals surface area contributed by atoms with E-state index < -0.39 is 24.1 Å². The highest BCUT2D eigenvalue weighted by molar-refractivity contribution is 5.95. The molecular weight excluding hydrogens is 376 g/mol. The number of hydrogen-bond acceptors (Lipinski definition) is 5. The Bertz CT molecular complexity index is 661. The Hall–Kier alpha value is -2.16. The van der Waals surface area contributed by atoms with Crippen molar-refractivity contribution in [3.63, 3.8) is 0 Å². The van der Waals surface area contributed by atoms with Crippen molar-refractivity contribution >= 4 is 23.7 Å². The summed E-state index contributed by atoms with van der Waals surface area (Å²) in [6.45, 7) is 5.40. The average molecular weight is 408 g/mol. The minimum Gasteiger partial charge on any atom is -0.480 e. The van der Waals surface area contributed by atoms with Crippen LogP contribution in [0.2, 0.25) is 0 Å². The maximum atomic E-state index is 13.3. The zero-order chi connectivity index (χ0) is 21.1. The molecule has 0 saturated carbocycles. The minimum absolute atomic E-state index is 0.122. The van der Waals surface area contributed by atoms with E-state index in [-0.39, 0.29) is 29.7 Å². The number of hydrogen-bond donors (Lipinski definition) is 3. The number of aliphatic carboxylic acids is 1. The number of carboxylic acids is 1. The third kappa shape index (κ3) is 4.55. The zero-order valence-electron chi connectivity index (χ0n) is 17.2. The molecule has 3 rings (SSSR count). The molecule has 0 radical (unpaired) electrons. The van der Waals surface area contributed by atoms with Crippen molar-refractivity contribution in [1.29, 1.82) is 0 Å². The minimum atomic E-state index is -0.997. The number of carbonyl (C=O) groups is 4. The van der Waals surface area contributed by atoms with Gasteiger partial charge in [0.05, 0.1) is 6.04 Å². The second-order valence-electron chi connectivity index (χ2n) is 8.60. The van der Waals surface area contributed by atoms with Gasteiger partial charge in [0, 0.05) is 13.1 Å². The van der Waals surface area contributed by atoms with Crippen LogP contribution in [0.15, 0.2) is 0 Å². The van der Waals surface area contributed by atoms with E-state index in [1.165, 1.54) is 4.90 Å². The molecule has 4 unspecified atom stereocenters. The standard InChI is InChI=1S/C20H32N4O5/c1-12(2)16(22-17(25)13-6-3-9-21-13)19(27)23-10-4-7-14(23)18(26)24-11-5-8-15(24)20(28)29/h12-16,21H,3-11H2,1-2H3,(H,22,25)(H,28,29). The maximum Gasteiger partial charge on any atom is 0.326 e. The van der Waals surface area contributed by atoms with Crippen LogP contribution >= 0.6 is 0 Å². The Morgan fingerprint density at radius 2 is 1.62 bits per heavy atom. The van der Waals surface area contributed by atoms with Crippen LogP contribution in [0.1, 0.15) is 52.4 Å². The van der Waals surface area contributed by atoms with Crippen LogP contribution < -0.4 is 10.6 Å². The van der Waals surface area contributed by atoms with Gasteiger partial charge < -0.3 is 25.5 Å². The maximum absolute atomic E-state index is 13.3. The van der Waals surface area contributed by atoms with Crippen molar-refractivity contribution in [2.75, 3.05) is 19.6 Å². The van der Waals surface area contributed by atoms with Crippen molar-refractivity contribution in [1.82, 2.24) is 20.4 Å². The van der Waals surface area contributed by atoms with E-state index >= 15 is 0 Å². The van der Waals surface area contributed by atoms with Crippen LogP contribution in [0, 0.1) is 5.92 Å². The van der Waals surface area contributed by atoms with E-state index in [1.807, 2.05) is 13.8 Å². The molecule has 3 heterocycles. The first-order chi connectivity index (χ1) is 13.8. The van der Waals surface area contributed by atoms with Gasteiger partial charge in [-0.05, 0) is 51.0 Å². The molecule has 3 saturated heterocycles. The molecule has 0 aromatic carbocycles. The first-order valence-electron chi connectivity index (χ1n) is 10.7. The molecule has 0 bridgehead atoms. The second-order valence-corrected chi connectivity index (χ2v) is 8.60. The number of nitrogens with zero attached hydrogens (tertiary/aromatic N) is 2. The normalized spacial score (nSPS) is 28.0. The summed E-state index contributed by atoms with van der Waals surface area (Å²) in [7, 11) is 0. The SMILES string of the molecule is CC(C)C(NC(=O)C1CCCN1)C(=O)N1CCCC1C(=O)N1CCCC1C(=O)O. The summed E-state index contributed by atoms with van der Waals surface area (Å²) < 4.78 is 0. The fraction of sp³-hybridized carbons (Fsp3) is 0.800. The Morgan fingerprint density at radius 3 is 2.21 bits per heavy atom. The van der Waals surface area contributed by atoms with Crippen molar-refractivity contribution in [2.45, 2.75) is 76.5 Å². The lowest BCUT2D eigenvalue weighted by Gasteiger charge is -2.33. The molecule has 3 aliphatic rings. The Morgan fingerprint density at radius 1 is 0.966 bits per heavy atom. The topological polar surface area (TPSA) is 119 Å². The van der Waals surface area contributed by atoms with Gasteiger partial charge in [0.2, 0.25) is 17.7 Å². The predicted molar refractivity (Wildman–Crippen MR) is 105 cm³/mol. The summed E-state index contributed by atoms with van der Waals surface area (Å²) in [5, 5.41) is 15.4. The van der Waals surface area contributed by atoms with E-state index in [1.54, 1.807) is 4.90 Å². The summed E-state index contributed by atoms with van der Waals surface area (Å²) in [6, 6.07) is -2.44. The van der Waals surface area contributed by atoms with Crippen LogP contribution in [-0.2, 0) is 19.2 Å². The van der Waals surface area contributed by atoms with Crippen molar-refractivity contribution in [3.05, 3.63) is 0 Å². The first-order valence-corrected chi connectivity index (χ1v) is 10.7. The summed E-state index contributed by atoms with van der Waals surface area (Å²) >= 11 is 0. The molecular formula is C20H32N4O5. The van der Waals surface area contributed by atoms with E-state index in [0.717, 1.165) is 19.4 Å². The fourth-order valence-electron chi connectivity index (χ4n) is 4.62. The molecule has 0 aromatic heterocycles. The fourth-order valence-corrected chi connectivity index (χ4v) is 4.62. The molecule has 3 N–H and O–H groups in total. The van der Waals surface area contributed by atoms with Crippen molar-refractivity contribution < 1.29 is 24.3 Å². The van der Waals surface area contributed by atoms with Gasteiger partial charge in [-0.25, -0.2) is 4.79 Å². The van der Waals surface area contributed by atoms with Gasteiger partial charge in [0.15, 0.2) is 0 Å². The number of nitrogens with one attached hydrogen (secondary N) is 2. The van der Waals surface area contributed by atoms with Crippen LogP contribution in [0.5, 0.6) is 0 Å². The third-order valence-corrected chi connectivity index (χ3v) is 6.25. The molecule has 4 atom stereocenters. The third-order valence-electron chi connectivity index (χ3n) is 6.25. The van der Waals surface area contributed by atoms with Gasteiger partial charge in [-0.15, -0.1) is 0 Å². The summed E-state index contributed by atoms with van der Waals surface area (Å²) in [4.78, 5) is 53.3. The van der Waals surface area contributed by atoms with Gasteiger partial charge in [-0.3, -0.25) is 14.4 Å². The molecule has 162 valence electrons. The number of likely N-dealkylation sites (tertiary alicyclic amines) is 2. The number of amides is 3. The Labute approximate surface area is 171 Å². The van der Waals surface area contributed by atoms with Crippen LogP contribution in [-0.4, -0.2) is 82.4 Å². The summed E-state index contributed by atoms with van der Waals surface area (Å²) in [6.07, 6.45) is 4.00. The smallest absolute Gasteiger partial charge is 0.326 e. The molecule has 3 fully saturated rings. The molecule has 29 heavy (non-hydrogen) atoms. The Kier molecular flexibility index (Phi) is 6.77. The molecule has 3 amide bonds. The molecule has 3 aliphatic heterocycles. The number of carboxylic acid groups (broad SMARTS) is 1. The molecule has 9 heteroatoms. The lowest BCUT2D eigenvalue weighted by atomic mass is 10.0. The zero-order valence-corrected chi connectivity index (χ0v) is 17.2. The largest absolute Gasteiger partial charge is 0.480 e.